The first-order chi connectivity index (χ1) is 10.1. The van der Waals surface area contributed by atoms with Gasteiger partial charge < -0.3 is 15.8 Å². The second-order valence-electron chi connectivity index (χ2n) is 4.76. The van der Waals surface area contributed by atoms with Gasteiger partial charge in [0, 0.05) is 12.6 Å². The average molecular weight is 285 g/mol. The first kappa shape index (κ1) is 14.8. The number of ether oxygens (including phenoxy) is 1. The molecular weight excluding hydrogens is 266 g/mol. The highest BCUT2D eigenvalue weighted by atomic mass is 16.5. The normalized spacial score (nSPS) is 10.1. The van der Waals surface area contributed by atoms with Crippen LogP contribution in [0.25, 0.3) is 0 Å². The summed E-state index contributed by atoms with van der Waals surface area (Å²) in [5.41, 5.74) is 7.42. The number of para-hydroxylation sites is 2. The summed E-state index contributed by atoms with van der Waals surface area (Å²) in [6, 6.07) is 11.0. The fourth-order valence-electron chi connectivity index (χ4n) is 1.77. The van der Waals surface area contributed by atoms with Gasteiger partial charge in [-0.3, -0.25) is 4.79 Å². The second kappa shape index (κ2) is 7.28. The van der Waals surface area contributed by atoms with Crippen molar-refractivity contribution >= 4 is 17.4 Å². The zero-order chi connectivity index (χ0) is 15.1. The van der Waals surface area contributed by atoms with Gasteiger partial charge in [-0.15, -0.1) is 0 Å². The van der Waals surface area contributed by atoms with Gasteiger partial charge in [0.2, 0.25) is 5.91 Å². The lowest BCUT2D eigenvalue weighted by molar-refractivity contribution is -0.116. The van der Waals surface area contributed by atoms with E-state index in [9.17, 15) is 4.79 Å². The molecule has 1 heterocycles. The van der Waals surface area contributed by atoms with Gasteiger partial charge in [0.15, 0.2) is 0 Å². The molecule has 2 rings (SSSR count). The van der Waals surface area contributed by atoms with E-state index in [4.69, 9.17) is 10.5 Å². The maximum Gasteiger partial charge on any atom is 0.225 e. The highest BCUT2D eigenvalue weighted by Gasteiger charge is 2.04. The van der Waals surface area contributed by atoms with Crippen LogP contribution in [0.5, 0.6) is 5.75 Å². The van der Waals surface area contributed by atoms with Crippen molar-refractivity contribution < 1.29 is 9.53 Å². The van der Waals surface area contributed by atoms with Crippen LogP contribution >= 0.6 is 0 Å². The molecule has 3 N–H and O–H groups in total. The monoisotopic (exact) mass is 285 g/mol. The number of nitrogen functional groups attached to an aromatic ring is 1. The number of pyridine rings is 1. The van der Waals surface area contributed by atoms with Crippen molar-refractivity contribution in [3.05, 3.63) is 48.2 Å². The molecule has 1 aromatic heterocycles. The van der Waals surface area contributed by atoms with Crippen molar-refractivity contribution in [3.63, 3.8) is 0 Å². The molecule has 0 radical (unpaired) electrons. The van der Waals surface area contributed by atoms with E-state index in [2.05, 4.69) is 10.3 Å². The number of hydrogen-bond acceptors (Lipinski definition) is 4. The lowest BCUT2D eigenvalue weighted by Crippen LogP contribution is -2.13. The lowest BCUT2D eigenvalue weighted by Gasteiger charge is -2.08. The van der Waals surface area contributed by atoms with Crippen molar-refractivity contribution in [2.24, 2.45) is 0 Å². The lowest BCUT2D eigenvalue weighted by atomic mass is 10.3. The molecule has 5 nitrogen and oxygen atoms in total. The molecule has 1 aromatic carbocycles. The Kier molecular flexibility index (Phi) is 5.15. The van der Waals surface area contributed by atoms with E-state index >= 15 is 0 Å². The summed E-state index contributed by atoms with van der Waals surface area (Å²) in [5, 5.41) is 2.75. The standard InChI is InChI=1S/C16H19N3O2/c1-12-8-9-15(18-11-12)19-16(20)7-4-10-21-14-6-3-2-5-13(14)17/h2-3,5-6,8-9,11H,4,7,10,17H2,1H3,(H,18,19,20). The first-order valence-corrected chi connectivity index (χ1v) is 6.85. The Morgan fingerprint density at radius 2 is 2.10 bits per heavy atom. The molecule has 2 aromatic rings. The first-order valence-electron chi connectivity index (χ1n) is 6.85. The zero-order valence-corrected chi connectivity index (χ0v) is 12.0. The molecule has 0 aliphatic rings. The molecule has 0 saturated carbocycles. The average Bonchev–Trinajstić information content (AvgIpc) is 2.48. The van der Waals surface area contributed by atoms with Gasteiger partial charge in [-0.05, 0) is 37.1 Å². The summed E-state index contributed by atoms with van der Waals surface area (Å²) in [6.07, 6.45) is 2.71. The molecule has 1 amide bonds. The number of nitrogens with two attached hydrogens (primary N) is 1. The van der Waals surface area contributed by atoms with Crippen LogP contribution in [0.4, 0.5) is 11.5 Å². The second-order valence-corrected chi connectivity index (χ2v) is 4.76. The van der Waals surface area contributed by atoms with Crippen molar-refractivity contribution in [1.29, 1.82) is 0 Å². The fourth-order valence-corrected chi connectivity index (χ4v) is 1.77. The van der Waals surface area contributed by atoms with E-state index in [1.165, 1.54) is 0 Å². The number of nitrogens with zero attached hydrogens (tertiary/aromatic N) is 1. The van der Waals surface area contributed by atoms with Crippen LogP contribution in [0.3, 0.4) is 0 Å². The zero-order valence-electron chi connectivity index (χ0n) is 12.0. The van der Waals surface area contributed by atoms with Crippen LogP contribution in [0, 0.1) is 6.92 Å². The maximum absolute atomic E-state index is 11.7. The van der Waals surface area contributed by atoms with Gasteiger partial charge in [0.25, 0.3) is 0 Å². The Morgan fingerprint density at radius 1 is 1.29 bits per heavy atom. The number of aryl methyl sites for hydroxylation is 1. The van der Waals surface area contributed by atoms with Gasteiger partial charge in [-0.25, -0.2) is 4.98 Å². The molecular formula is C16H19N3O2. The van der Waals surface area contributed by atoms with Gasteiger partial charge in [-0.1, -0.05) is 18.2 Å². The predicted octanol–water partition coefficient (Wildman–Crippen LogP) is 2.77. The molecule has 0 atom stereocenters. The van der Waals surface area contributed by atoms with E-state index in [0.29, 0.717) is 36.7 Å². The molecule has 5 heteroatoms. The van der Waals surface area contributed by atoms with Gasteiger partial charge in [0.05, 0.1) is 12.3 Å². The summed E-state index contributed by atoms with van der Waals surface area (Å²) in [4.78, 5) is 15.9. The van der Waals surface area contributed by atoms with Gasteiger partial charge >= 0.3 is 0 Å². The van der Waals surface area contributed by atoms with Crippen molar-refractivity contribution in [3.8, 4) is 5.75 Å². The number of benzene rings is 1. The largest absolute Gasteiger partial charge is 0.491 e. The number of rotatable bonds is 6. The molecule has 0 bridgehead atoms. The van der Waals surface area contributed by atoms with Crippen molar-refractivity contribution in [2.45, 2.75) is 19.8 Å². The number of nitrogens with one attached hydrogen (secondary N) is 1. The van der Waals surface area contributed by atoms with E-state index in [1.807, 2.05) is 31.2 Å². The quantitative estimate of drug-likeness (QED) is 0.632. The number of carbonyl (C=O) groups excluding carboxylic acids is 1. The molecule has 110 valence electrons. The van der Waals surface area contributed by atoms with E-state index in [-0.39, 0.29) is 5.91 Å². The number of anilines is 2. The highest BCUT2D eigenvalue weighted by molar-refractivity contribution is 5.89. The molecule has 0 fully saturated rings. The number of carbonyl (C=O) groups is 1. The van der Waals surface area contributed by atoms with Crippen molar-refractivity contribution in [2.75, 3.05) is 17.7 Å². The summed E-state index contributed by atoms with van der Waals surface area (Å²) in [7, 11) is 0. The highest BCUT2D eigenvalue weighted by Crippen LogP contribution is 2.19. The van der Waals surface area contributed by atoms with Crippen LogP contribution in [0.2, 0.25) is 0 Å². The summed E-state index contributed by atoms with van der Waals surface area (Å²) in [5.74, 6) is 1.15. The van der Waals surface area contributed by atoms with E-state index in [0.717, 1.165) is 5.56 Å². The fraction of sp³-hybridized carbons (Fsp3) is 0.250. The molecule has 0 unspecified atom stereocenters. The Balaban J connectivity index is 1.70. The van der Waals surface area contributed by atoms with Crippen LogP contribution < -0.4 is 15.8 Å². The minimum atomic E-state index is -0.0732. The van der Waals surface area contributed by atoms with Crippen molar-refractivity contribution in [1.82, 2.24) is 4.98 Å². The summed E-state index contributed by atoms with van der Waals surface area (Å²) < 4.78 is 5.53. The maximum atomic E-state index is 11.7. The van der Waals surface area contributed by atoms with E-state index in [1.54, 1.807) is 18.3 Å². The minimum Gasteiger partial charge on any atom is -0.491 e. The SMILES string of the molecule is Cc1ccc(NC(=O)CCCOc2ccccc2N)nc1. The topological polar surface area (TPSA) is 77.2 Å². The van der Waals surface area contributed by atoms with Gasteiger partial charge in [-0.2, -0.15) is 0 Å². The molecule has 0 spiro atoms. The Hall–Kier alpha value is -2.56. The third kappa shape index (κ3) is 4.80. The Bertz CT molecular complexity index is 597. The third-order valence-electron chi connectivity index (χ3n) is 2.90. The molecule has 0 aliphatic heterocycles. The number of aromatic nitrogens is 1. The van der Waals surface area contributed by atoms with Crippen LogP contribution in [-0.2, 0) is 4.79 Å². The third-order valence-corrected chi connectivity index (χ3v) is 2.90. The van der Waals surface area contributed by atoms with Crippen LogP contribution in [0.15, 0.2) is 42.6 Å². The summed E-state index contributed by atoms with van der Waals surface area (Å²) >= 11 is 0. The number of amides is 1. The molecule has 0 saturated heterocycles. The predicted molar refractivity (Wildman–Crippen MR) is 83.2 cm³/mol. The molecule has 0 aliphatic carbocycles. The minimum absolute atomic E-state index is 0.0732. The smallest absolute Gasteiger partial charge is 0.225 e. The summed E-state index contributed by atoms with van der Waals surface area (Å²) in [6.45, 7) is 2.40. The van der Waals surface area contributed by atoms with Gasteiger partial charge in [0.1, 0.15) is 11.6 Å². The van der Waals surface area contributed by atoms with E-state index < -0.39 is 0 Å². The van der Waals surface area contributed by atoms with Crippen LogP contribution in [0.1, 0.15) is 18.4 Å². The van der Waals surface area contributed by atoms with Crippen LogP contribution in [-0.4, -0.2) is 17.5 Å². The Morgan fingerprint density at radius 3 is 2.81 bits per heavy atom. The molecule has 21 heavy (non-hydrogen) atoms. The number of hydrogen-bond donors (Lipinski definition) is 2. The Labute approximate surface area is 124 Å².